The van der Waals surface area contributed by atoms with Gasteiger partial charge in [0.05, 0.1) is 11.7 Å². The summed E-state index contributed by atoms with van der Waals surface area (Å²) >= 11 is 0. The molecule has 0 aliphatic carbocycles. The molecule has 2 radical (unpaired) electrons. The number of aliphatic carboxylic acids is 1. The van der Waals surface area contributed by atoms with E-state index in [-0.39, 0.29) is 12.2 Å². The maximum Gasteiger partial charge on any atom is 0.354 e. The molecule has 0 bridgehead atoms. The Balaban J connectivity index is 2.43. The first-order valence-corrected chi connectivity index (χ1v) is 6.10. The van der Waals surface area contributed by atoms with Crippen molar-refractivity contribution in [3.63, 3.8) is 0 Å². The summed E-state index contributed by atoms with van der Waals surface area (Å²) < 4.78 is 1.57. The van der Waals surface area contributed by atoms with Crippen LogP contribution in [0.25, 0.3) is 21.8 Å². The van der Waals surface area contributed by atoms with Crippen molar-refractivity contribution in [1.82, 2.24) is 9.55 Å². The molecule has 21 heavy (non-hydrogen) atoms. The van der Waals surface area contributed by atoms with Crippen molar-refractivity contribution in [2.45, 2.75) is 6.54 Å². The number of rotatable bonds is 3. The Morgan fingerprint density at radius 2 is 1.86 bits per heavy atom. The van der Waals surface area contributed by atoms with Gasteiger partial charge in [-0.15, -0.1) is 0 Å². The largest absolute Gasteiger partial charge is 0.480 e. The number of aromatic nitrogens is 2. The minimum Gasteiger partial charge on any atom is -0.480 e. The molecule has 0 spiro atoms. The minimum atomic E-state index is -1.14. The maximum absolute atomic E-state index is 11.0. The lowest BCUT2D eigenvalue weighted by molar-refractivity contribution is -0.137. The molecule has 1 aromatic carbocycles. The summed E-state index contributed by atoms with van der Waals surface area (Å²) in [5.74, 6) is -2.13. The summed E-state index contributed by atoms with van der Waals surface area (Å²) in [6.07, 6.45) is 1.37. The Morgan fingerprint density at radius 1 is 1.14 bits per heavy atom. The number of hydrogen-bond acceptors (Lipinski definition) is 3. The third-order valence-corrected chi connectivity index (χ3v) is 3.29. The van der Waals surface area contributed by atoms with Gasteiger partial charge in [-0.05, 0) is 12.1 Å². The molecule has 0 aliphatic rings. The molecule has 7 heteroatoms. The predicted molar refractivity (Wildman–Crippen MR) is 77.2 cm³/mol. The molecule has 0 saturated heterocycles. The molecular formula is C14H9BN2O4. The van der Waals surface area contributed by atoms with Crippen LogP contribution in [-0.2, 0) is 11.3 Å². The van der Waals surface area contributed by atoms with Crippen LogP contribution in [0.15, 0.2) is 30.5 Å². The number of fused-ring (bicyclic) bond motifs is 3. The topological polar surface area (TPSA) is 92.4 Å². The fraction of sp³-hybridized carbons (Fsp3) is 0.0714. The van der Waals surface area contributed by atoms with Crippen molar-refractivity contribution in [1.29, 1.82) is 0 Å². The number of carboxylic acids is 2. The van der Waals surface area contributed by atoms with Gasteiger partial charge in [-0.2, -0.15) is 0 Å². The van der Waals surface area contributed by atoms with Crippen molar-refractivity contribution in [2.75, 3.05) is 0 Å². The van der Waals surface area contributed by atoms with Gasteiger partial charge in [0.25, 0.3) is 0 Å². The van der Waals surface area contributed by atoms with E-state index >= 15 is 0 Å². The second kappa shape index (κ2) is 4.62. The van der Waals surface area contributed by atoms with Crippen molar-refractivity contribution >= 4 is 47.1 Å². The van der Waals surface area contributed by atoms with E-state index < -0.39 is 11.9 Å². The van der Waals surface area contributed by atoms with Crippen molar-refractivity contribution in [3.05, 3.63) is 36.2 Å². The van der Waals surface area contributed by atoms with E-state index in [1.54, 1.807) is 22.8 Å². The molecule has 102 valence electrons. The van der Waals surface area contributed by atoms with Gasteiger partial charge in [-0.1, -0.05) is 17.6 Å². The van der Waals surface area contributed by atoms with Crippen LogP contribution in [-0.4, -0.2) is 39.5 Å². The summed E-state index contributed by atoms with van der Waals surface area (Å²) in [4.78, 5) is 25.9. The van der Waals surface area contributed by atoms with Crippen molar-refractivity contribution in [2.24, 2.45) is 0 Å². The van der Waals surface area contributed by atoms with Crippen LogP contribution in [0.1, 0.15) is 10.5 Å². The SMILES string of the molecule is [B]c1ccc2c(c1)c1cc(C(=O)O)ncc1n2CC(=O)O. The molecule has 0 fully saturated rings. The van der Waals surface area contributed by atoms with E-state index in [0.717, 1.165) is 0 Å². The van der Waals surface area contributed by atoms with E-state index in [9.17, 15) is 9.59 Å². The molecule has 3 rings (SSSR count). The number of hydrogen-bond donors (Lipinski definition) is 2. The highest BCUT2D eigenvalue weighted by molar-refractivity contribution is 6.33. The second-order valence-electron chi connectivity index (χ2n) is 4.65. The maximum atomic E-state index is 11.0. The highest BCUT2D eigenvalue weighted by Crippen LogP contribution is 2.28. The van der Waals surface area contributed by atoms with Crippen LogP contribution >= 0.6 is 0 Å². The Labute approximate surface area is 120 Å². The molecule has 3 aromatic rings. The van der Waals surface area contributed by atoms with Crippen LogP contribution in [0.5, 0.6) is 0 Å². The van der Waals surface area contributed by atoms with Gasteiger partial charge < -0.3 is 14.8 Å². The lowest BCUT2D eigenvalue weighted by atomic mass is 9.94. The van der Waals surface area contributed by atoms with Gasteiger partial charge in [-0.25, -0.2) is 9.78 Å². The molecule has 0 amide bonds. The van der Waals surface area contributed by atoms with Gasteiger partial charge >= 0.3 is 11.9 Å². The molecule has 0 atom stereocenters. The Hall–Kier alpha value is -2.83. The van der Waals surface area contributed by atoms with E-state index in [1.165, 1.54) is 12.3 Å². The van der Waals surface area contributed by atoms with Crippen LogP contribution in [0, 0.1) is 0 Å². The number of aromatic carboxylic acids is 1. The number of carboxylic acid groups (broad SMARTS) is 2. The average molecular weight is 280 g/mol. The molecular weight excluding hydrogens is 271 g/mol. The van der Waals surface area contributed by atoms with Gasteiger partial charge in [0.1, 0.15) is 20.1 Å². The molecule has 2 heterocycles. The first-order valence-electron chi connectivity index (χ1n) is 6.10. The van der Waals surface area contributed by atoms with Crippen LogP contribution in [0.4, 0.5) is 0 Å². The normalized spacial score (nSPS) is 11.0. The lowest BCUT2D eigenvalue weighted by Gasteiger charge is -2.03. The summed E-state index contributed by atoms with van der Waals surface area (Å²) in [5, 5.41) is 19.4. The van der Waals surface area contributed by atoms with E-state index in [1.807, 2.05) is 0 Å². The summed E-state index contributed by atoms with van der Waals surface area (Å²) in [5.41, 5.74) is 1.65. The fourth-order valence-corrected chi connectivity index (χ4v) is 2.44. The number of pyridine rings is 1. The van der Waals surface area contributed by atoms with Crippen molar-refractivity contribution < 1.29 is 19.8 Å². The van der Waals surface area contributed by atoms with Crippen LogP contribution in [0.2, 0.25) is 0 Å². The van der Waals surface area contributed by atoms with Crippen LogP contribution in [0.3, 0.4) is 0 Å². The Bertz CT molecular complexity index is 901. The highest BCUT2D eigenvalue weighted by atomic mass is 16.4. The summed E-state index contributed by atoms with van der Waals surface area (Å²) in [6, 6.07) is 6.51. The average Bonchev–Trinajstić information content (AvgIpc) is 2.71. The minimum absolute atomic E-state index is 0.0979. The third kappa shape index (κ3) is 2.12. The van der Waals surface area contributed by atoms with Crippen LogP contribution < -0.4 is 5.46 Å². The first-order chi connectivity index (χ1) is 9.97. The zero-order valence-electron chi connectivity index (χ0n) is 10.8. The first kappa shape index (κ1) is 13.2. The zero-order chi connectivity index (χ0) is 15.1. The molecule has 0 saturated carbocycles. The predicted octanol–water partition coefficient (Wildman–Crippen LogP) is 0.766. The Kier molecular flexibility index (Phi) is 2.90. The van der Waals surface area contributed by atoms with E-state index in [0.29, 0.717) is 27.3 Å². The number of nitrogens with zero attached hydrogens (tertiary/aromatic N) is 2. The summed E-state index contributed by atoms with van der Waals surface area (Å²) in [7, 11) is 5.77. The Morgan fingerprint density at radius 3 is 2.52 bits per heavy atom. The monoisotopic (exact) mass is 280 g/mol. The lowest BCUT2D eigenvalue weighted by Crippen LogP contribution is -2.09. The molecule has 2 N–H and O–H groups in total. The highest BCUT2D eigenvalue weighted by Gasteiger charge is 2.15. The van der Waals surface area contributed by atoms with Gasteiger partial charge in [0.15, 0.2) is 0 Å². The number of carbonyl (C=O) groups is 2. The summed E-state index contributed by atoms with van der Waals surface area (Å²) in [6.45, 7) is -0.238. The molecule has 6 nitrogen and oxygen atoms in total. The number of benzene rings is 1. The zero-order valence-corrected chi connectivity index (χ0v) is 10.8. The second-order valence-corrected chi connectivity index (χ2v) is 4.65. The molecule has 0 aliphatic heterocycles. The van der Waals surface area contributed by atoms with E-state index in [2.05, 4.69) is 4.98 Å². The fourth-order valence-electron chi connectivity index (χ4n) is 2.44. The third-order valence-electron chi connectivity index (χ3n) is 3.29. The molecule has 2 aromatic heterocycles. The van der Waals surface area contributed by atoms with Gasteiger partial charge in [0.2, 0.25) is 0 Å². The van der Waals surface area contributed by atoms with E-state index in [4.69, 9.17) is 18.1 Å². The molecule has 0 unspecified atom stereocenters. The smallest absolute Gasteiger partial charge is 0.354 e. The van der Waals surface area contributed by atoms with Gasteiger partial charge in [0, 0.05) is 16.3 Å². The van der Waals surface area contributed by atoms with Gasteiger partial charge in [-0.3, -0.25) is 4.79 Å². The van der Waals surface area contributed by atoms with Crippen molar-refractivity contribution in [3.8, 4) is 0 Å². The quantitative estimate of drug-likeness (QED) is 0.691. The standard InChI is InChI=1S/C14H9BN2O4/c15-7-1-2-11-8(3-7)9-4-10(14(20)21)16-5-12(9)17(11)6-13(18)19/h1-5H,6H2,(H,18,19)(H,20,21).